The molecule has 0 saturated heterocycles. The van der Waals surface area contributed by atoms with Crippen molar-refractivity contribution >= 4 is 11.8 Å². The van der Waals surface area contributed by atoms with Crippen molar-refractivity contribution in [2.75, 3.05) is 12.3 Å². The second-order valence-electron chi connectivity index (χ2n) is 3.26. The van der Waals surface area contributed by atoms with Crippen LogP contribution in [0.1, 0.15) is 17.5 Å². The number of alkyl halides is 3. The number of nitrogen functional groups attached to an aromatic ring is 1. The monoisotopic (exact) mass is 231 g/mol. The average Bonchev–Trinajstić information content (AvgIpc) is 2.16. The highest BCUT2D eigenvalue weighted by atomic mass is 19.4. The molecule has 2 nitrogen and oxygen atoms in total. The lowest BCUT2D eigenvalue weighted by molar-refractivity contribution is -0.137. The molecule has 5 heteroatoms. The number of halogens is 3. The molecule has 1 aromatic carbocycles. The Labute approximate surface area is 91.2 Å². The first-order valence-corrected chi connectivity index (χ1v) is 4.69. The van der Waals surface area contributed by atoms with E-state index in [1.807, 2.05) is 0 Å². The zero-order valence-electron chi connectivity index (χ0n) is 8.46. The van der Waals surface area contributed by atoms with Gasteiger partial charge >= 0.3 is 6.18 Å². The van der Waals surface area contributed by atoms with Gasteiger partial charge in [0.2, 0.25) is 0 Å². The van der Waals surface area contributed by atoms with Crippen LogP contribution in [0.15, 0.2) is 24.3 Å². The van der Waals surface area contributed by atoms with Crippen molar-refractivity contribution in [1.29, 1.82) is 0 Å². The molecule has 16 heavy (non-hydrogen) atoms. The standard InChI is InChI=1S/C11H12F3NO/c12-11(13,14)10-5-4-9(15)7-8(10)3-1-2-6-16/h1,3-5,7,16H,2,6,15H2. The van der Waals surface area contributed by atoms with Crippen LogP contribution in [0.25, 0.3) is 6.08 Å². The lowest BCUT2D eigenvalue weighted by atomic mass is 10.1. The first kappa shape index (κ1) is 12.6. The molecule has 3 N–H and O–H groups in total. The van der Waals surface area contributed by atoms with Gasteiger partial charge in [-0.15, -0.1) is 0 Å². The molecule has 0 bridgehead atoms. The SMILES string of the molecule is Nc1ccc(C(F)(F)F)c(C=CCCO)c1. The molecule has 0 aromatic heterocycles. The predicted molar refractivity (Wildman–Crippen MR) is 56.6 cm³/mol. The summed E-state index contributed by atoms with van der Waals surface area (Å²) in [7, 11) is 0. The molecule has 0 heterocycles. The number of nitrogens with two attached hydrogens (primary N) is 1. The van der Waals surface area contributed by atoms with E-state index in [-0.39, 0.29) is 17.9 Å². The van der Waals surface area contributed by atoms with Crippen LogP contribution in [-0.4, -0.2) is 11.7 Å². The predicted octanol–water partition coefficient (Wildman–Crippen LogP) is 2.68. The van der Waals surface area contributed by atoms with E-state index in [1.165, 1.54) is 24.3 Å². The molecular weight excluding hydrogens is 219 g/mol. The van der Waals surface area contributed by atoms with Crippen LogP contribution in [0.5, 0.6) is 0 Å². The Hall–Kier alpha value is -1.49. The van der Waals surface area contributed by atoms with Gasteiger partial charge in [0.1, 0.15) is 0 Å². The summed E-state index contributed by atoms with van der Waals surface area (Å²) in [4.78, 5) is 0. The zero-order valence-corrected chi connectivity index (χ0v) is 8.46. The van der Waals surface area contributed by atoms with Crippen LogP contribution < -0.4 is 5.73 Å². The number of aliphatic hydroxyl groups excluding tert-OH is 1. The number of benzene rings is 1. The largest absolute Gasteiger partial charge is 0.416 e. The van der Waals surface area contributed by atoms with Gasteiger partial charge < -0.3 is 10.8 Å². The number of rotatable bonds is 3. The fourth-order valence-corrected chi connectivity index (χ4v) is 1.26. The Morgan fingerprint density at radius 2 is 2.00 bits per heavy atom. The molecule has 0 aliphatic carbocycles. The highest BCUT2D eigenvalue weighted by Gasteiger charge is 2.32. The number of aliphatic hydroxyl groups is 1. The van der Waals surface area contributed by atoms with E-state index in [4.69, 9.17) is 10.8 Å². The Morgan fingerprint density at radius 1 is 1.31 bits per heavy atom. The molecule has 0 spiro atoms. The molecule has 0 unspecified atom stereocenters. The van der Waals surface area contributed by atoms with Gasteiger partial charge in [0.25, 0.3) is 0 Å². The third-order valence-electron chi connectivity index (χ3n) is 1.97. The van der Waals surface area contributed by atoms with E-state index in [2.05, 4.69) is 0 Å². The molecule has 0 aliphatic rings. The third-order valence-corrected chi connectivity index (χ3v) is 1.97. The molecule has 88 valence electrons. The quantitative estimate of drug-likeness (QED) is 0.785. The summed E-state index contributed by atoms with van der Waals surface area (Å²) in [6.45, 7) is -0.0971. The van der Waals surface area contributed by atoms with Gasteiger partial charge in [-0.1, -0.05) is 12.2 Å². The Kier molecular flexibility index (Phi) is 3.95. The summed E-state index contributed by atoms with van der Waals surface area (Å²) >= 11 is 0. The topological polar surface area (TPSA) is 46.2 Å². The smallest absolute Gasteiger partial charge is 0.399 e. The first-order chi connectivity index (χ1) is 7.45. The molecule has 1 rings (SSSR count). The lowest BCUT2D eigenvalue weighted by Gasteiger charge is -2.10. The highest BCUT2D eigenvalue weighted by Crippen LogP contribution is 2.33. The maximum Gasteiger partial charge on any atom is 0.416 e. The van der Waals surface area contributed by atoms with E-state index >= 15 is 0 Å². The molecule has 0 saturated carbocycles. The fourth-order valence-electron chi connectivity index (χ4n) is 1.26. The zero-order chi connectivity index (χ0) is 12.2. The average molecular weight is 231 g/mol. The van der Waals surface area contributed by atoms with E-state index < -0.39 is 11.7 Å². The molecule has 0 atom stereocenters. The van der Waals surface area contributed by atoms with Crippen LogP contribution in [-0.2, 0) is 6.18 Å². The van der Waals surface area contributed by atoms with Crippen LogP contribution in [0.3, 0.4) is 0 Å². The molecule has 0 amide bonds. The minimum absolute atomic E-state index is 0.0148. The summed E-state index contributed by atoms with van der Waals surface area (Å²) in [6.07, 6.45) is -1.29. The second-order valence-corrected chi connectivity index (χ2v) is 3.26. The van der Waals surface area contributed by atoms with Crippen molar-refractivity contribution in [2.45, 2.75) is 12.6 Å². The van der Waals surface area contributed by atoms with Crippen LogP contribution in [0, 0.1) is 0 Å². The fraction of sp³-hybridized carbons (Fsp3) is 0.273. The Bertz CT molecular complexity index is 385. The molecule has 1 aromatic rings. The van der Waals surface area contributed by atoms with Gasteiger partial charge in [-0.3, -0.25) is 0 Å². The maximum absolute atomic E-state index is 12.6. The minimum Gasteiger partial charge on any atom is -0.399 e. The van der Waals surface area contributed by atoms with E-state index in [1.54, 1.807) is 0 Å². The van der Waals surface area contributed by atoms with Gasteiger partial charge in [-0.05, 0) is 30.2 Å². The third kappa shape index (κ3) is 3.27. The van der Waals surface area contributed by atoms with Crippen LogP contribution in [0.4, 0.5) is 18.9 Å². The van der Waals surface area contributed by atoms with Crippen molar-refractivity contribution in [3.05, 3.63) is 35.4 Å². The summed E-state index contributed by atoms with van der Waals surface area (Å²) < 4.78 is 37.7. The number of anilines is 1. The van der Waals surface area contributed by atoms with Crippen LogP contribution >= 0.6 is 0 Å². The van der Waals surface area contributed by atoms with Gasteiger partial charge in [-0.25, -0.2) is 0 Å². The summed E-state index contributed by atoms with van der Waals surface area (Å²) in [5, 5.41) is 8.53. The summed E-state index contributed by atoms with van der Waals surface area (Å²) in [5.74, 6) is 0. The van der Waals surface area contributed by atoms with Crippen molar-refractivity contribution in [3.8, 4) is 0 Å². The molecule has 0 aliphatic heterocycles. The maximum atomic E-state index is 12.6. The van der Waals surface area contributed by atoms with Crippen molar-refractivity contribution in [2.24, 2.45) is 0 Å². The number of hydrogen-bond acceptors (Lipinski definition) is 2. The number of hydrogen-bond donors (Lipinski definition) is 2. The first-order valence-electron chi connectivity index (χ1n) is 4.69. The van der Waals surface area contributed by atoms with E-state index in [0.717, 1.165) is 6.07 Å². The van der Waals surface area contributed by atoms with Gasteiger partial charge in [-0.2, -0.15) is 13.2 Å². The lowest BCUT2D eigenvalue weighted by Crippen LogP contribution is -2.07. The summed E-state index contributed by atoms with van der Waals surface area (Å²) in [6, 6.07) is 3.43. The Balaban J connectivity index is 3.09. The van der Waals surface area contributed by atoms with E-state index in [0.29, 0.717) is 6.42 Å². The normalized spacial score (nSPS) is 12.2. The van der Waals surface area contributed by atoms with Crippen molar-refractivity contribution in [1.82, 2.24) is 0 Å². The molecular formula is C11H12F3NO. The molecule has 0 radical (unpaired) electrons. The van der Waals surface area contributed by atoms with E-state index in [9.17, 15) is 13.2 Å². The summed E-state index contributed by atoms with van der Waals surface area (Å²) in [5.41, 5.74) is 4.99. The van der Waals surface area contributed by atoms with Gasteiger partial charge in [0.05, 0.1) is 5.56 Å². The highest BCUT2D eigenvalue weighted by molar-refractivity contribution is 5.60. The van der Waals surface area contributed by atoms with Crippen molar-refractivity contribution < 1.29 is 18.3 Å². The minimum atomic E-state index is -4.40. The molecule has 0 fully saturated rings. The Morgan fingerprint density at radius 3 is 2.56 bits per heavy atom. The van der Waals surface area contributed by atoms with Gasteiger partial charge in [0, 0.05) is 12.3 Å². The van der Waals surface area contributed by atoms with Crippen molar-refractivity contribution in [3.63, 3.8) is 0 Å². The second kappa shape index (κ2) is 5.03. The van der Waals surface area contributed by atoms with Crippen LogP contribution in [0.2, 0.25) is 0 Å². The van der Waals surface area contributed by atoms with Gasteiger partial charge in [0.15, 0.2) is 0 Å².